The highest BCUT2D eigenvalue weighted by Crippen LogP contribution is 2.40. The minimum Gasteiger partial charge on any atom is -0.467 e. The molecule has 7 aromatic rings. The number of nitrogens with zero attached hydrogens (tertiary/aromatic N) is 13. The van der Waals surface area contributed by atoms with Crippen molar-refractivity contribution in [2.75, 3.05) is 190 Å². The van der Waals surface area contributed by atoms with Gasteiger partial charge < -0.3 is 67.5 Å². The van der Waals surface area contributed by atoms with Crippen molar-refractivity contribution in [3.05, 3.63) is 157 Å². The van der Waals surface area contributed by atoms with Gasteiger partial charge in [0.25, 0.3) is 0 Å². The van der Waals surface area contributed by atoms with Gasteiger partial charge in [-0.05, 0) is 123 Å². The van der Waals surface area contributed by atoms with Gasteiger partial charge in [0, 0.05) is 151 Å². The normalized spacial score (nSPS) is 17.2. The summed E-state index contributed by atoms with van der Waals surface area (Å²) in [5, 5.41) is 4.14. The fraction of sp³-hybridized carbons (Fsp3) is 0.494. The smallest absolute Gasteiger partial charge is 0.410 e. The Bertz CT molecular complexity index is 4030. The van der Waals surface area contributed by atoms with E-state index in [1.165, 1.54) is 25.7 Å². The number of rotatable bonds is 25. The van der Waals surface area contributed by atoms with Gasteiger partial charge >= 0.3 is 18.1 Å². The van der Waals surface area contributed by atoms with E-state index in [1.54, 1.807) is 19.1 Å². The Kier molecular flexibility index (Phi) is 34.5. The third kappa shape index (κ3) is 25.1. The van der Waals surface area contributed by atoms with E-state index >= 15 is 0 Å². The van der Waals surface area contributed by atoms with Gasteiger partial charge in [-0.15, -0.1) is 23.2 Å². The molecule has 0 aliphatic carbocycles. The van der Waals surface area contributed by atoms with Gasteiger partial charge in [-0.2, -0.15) is 19.9 Å². The Morgan fingerprint density at radius 2 is 0.982 bits per heavy atom. The topological polar surface area (TPSA) is 197 Å². The molecule has 8 heterocycles. The molecule has 2 atom stereocenters. The van der Waals surface area contributed by atoms with Crippen LogP contribution in [0.4, 0.5) is 36.6 Å². The number of carbonyl (C=O) groups is 3. The average molecular weight is 1570 g/mol. The Labute approximate surface area is 655 Å². The van der Waals surface area contributed by atoms with E-state index in [4.69, 9.17) is 87.9 Å². The van der Waals surface area contributed by atoms with Crippen LogP contribution in [-0.2, 0) is 56.3 Å². The van der Waals surface area contributed by atoms with Crippen LogP contribution in [0, 0.1) is 0 Å². The number of alkyl halides is 4. The van der Waals surface area contributed by atoms with E-state index in [0.29, 0.717) is 130 Å². The van der Waals surface area contributed by atoms with Crippen molar-refractivity contribution < 1.29 is 56.3 Å². The maximum atomic E-state index is 14.0. The molecule has 4 fully saturated rings. The van der Waals surface area contributed by atoms with Crippen LogP contribution in [0.5, 0.6) is 23.5 Å². The number of ether oxygens (including phenoxy) is 7. The number of piperazine rings is 2. The Morgan fingerprint density at radius 1 is 0.550 bits per heavy atom. The standard InChI is InChI=1S/C38H45FN6O5.C33H41FN6O4.C6H15N.C3H3ClO.CH2Cl2/c1-47-27-50-31-22-29-10-5-6-12-32(29)35(23-31)45-15-13-33-34(25-45)40-37(48-21-20-42-14-7-11-30(39)24-42)41-36(33)43-16-18-44(19-17-43)38(46)49-26-28-8-3-2-4-9-28;1-3-31(41)38-13-15-39(16-14-38)32-28-10-12-40(30-20-26(44-23-42-2)19-24-7-4-5-9-27(24)30)22-29(28)35-33(36-32)43-18-17-37-11-6-8-25(34)21-37;1-4-7(5-2)6-3;1-2-3(4)5;2-1-3/h2-6,8-10,12,22-23,30H,7,11,13-21,24-27H2,1H3;3-5,7,9,19-20,25H,1,6,8,10-18,21-23H2,2H3;4-6H2,1-3H3;2H,1H2;1H2/t30-;25-;;;/m11.../s1. The second-order valence-corrected chi connectivity index (χ2v) is 28.0. The van der Waals surface area contributed by atoms with E-state index in [-0.39, 0.29) is 37.5 Å². The predicted octanol–water partition coefficient (Wildman–Crippen LogP) is 13.0. The molecule has 4 saturated heterocycles. The molecule has 109 heavy (non-hydrogen) atoms. The molecule has 590 valence electrons. The minimum atomic E-state index is -0.787. The molecule has 0 N–H and O–H groups in total. The molecule has 0 saturated carbocycles. The molecule has 0 spiro atoms. The zero-order valence-electron chi connectivity index (χ0n) is 63.7. The summed E-state index contributed by atoms with van der Waals surface area (Å²) in [5.74, 6) is 3.17. The van der Waals surface area contributed by atoms with E-state index in [2.05, 4.69) is 117 Å². The number of likely N-dealkylation sites (tertiary alicyclic amines) is 2. The van der Waals surface area contributed by atoms with Crippen molar-refractivity contribution in [1.82, 2.24) is 44.4 Å². The molecule has 2 aromatic heterocycles. The quantitative estimate of drug-likeness (QED) is 0.0226. The zero-order valence-corrected chi connectivity index (χ0v) is 65.9. The fourth-order valence-electron chi connectivity index (χ4n) is 14.1. The Balaban J connectivity index is 0.000000213. The van der Waals surface area contributed by atoms with Gasteiger partial charge in [-0.3, -0.25) is 19.4 Å². The van der Waals surface area contributed by atoms with Crippen LogP contribution in [0.3, 0.4) is 0 Å². The summed E-state index contributed by atoms with van der Waals surface area (Å²) in [4.78, 5) is 73.6. The third-order valence-corrected chi connectivity index (χ3v) is 20.0. The van der Waals surface area contributed by atoms with Crippen molar-refractivity contribution in [2.45, 2.75) is 91.3 Å². The highest BCUT2D eigenvalue weighted by Gasteiger charge is 2.33. The first-order chi connectivity index (χ1) is 53.1. The number of allylic oxidation sites excluding steroid dienone is 1. The Hall–Kier alpha value is -8.40. The van der Waals surface area contributed by atoms with Gasteiger partial charge in [0.15, 0.2) is 13.6 Å². The summed E-state index contributed by atoms with van der Waals surface area (Å²) in [6.45, 7) is 29.6. The van der Waals surface area contributed by atoms with Crippen LogP contribution >= 0.6 is 34.8 Å². The average Bonchev–Trinajstić information content (AvgIpc) is 0.771. The van der Waals surface area contributed by atoms with Gasteiger partial charge in [0.05, 0.1) is 29.8 Å². The van der Waals surface area contributed by atoms with Crippen LogP contribution in [0.15, 0.2) is 128 Å². The minimum absolute atomic E-state index is 0.0498. The maximum Gasteiger partial charge on any atom is 0.410 e. The number of piperidine rings is 2. The first kappa shape index (κ1) is 84.6. The van der Waals surface area contributed by atoms with Crippen molar-refractivity contribution >= 4 is 96.6 Å². The highest BCUT2D eigenvalue weighted by molar-refractivity contribution is 6.66. The molecule has 28 heteroatoms. The SMILES string of the molecule is C=CC(=O)Cl.C=CC(=O)N1CCN(c2nc(OCCN3CCC[C@@H](F)C3)nc3c2CCN(c2cc(OCOC)cc4ccccc24)C3)CC1.CCN(CC)CC.COCOc1cc(N2CCc3c(nc(OCCN4CCC[C@@H](F)C4)nc3N3CCN(C(=O)OCc4ccccc4)CC3)C2)c2ccccc2c1.ClCCl. The number of hydrogen-bond acceptors (Lipinski definition) is 21. The van der Waals surface area contributed by atoms with E-state index in [1.807, 2.05) is 59.5 Å². The van der Waals surface area contributed by atoms with Gasteiger partial charge in [-0.25, -0.2) is 13.6 Å². The number of anilines is 4. The monoisotopic (exact) mass is 1560 g/mol. The molecule has 6 aliphatic rings. The van der Waals surface area contributed by atoms with E-state index in [0.717, 1.165) is 142 Å². The maximum absolute atomic E-state index is 14.0. The lowest BCUT2D eigenvalue weighted by Gasteiger charge is -2.38. The first-order valence-electron chi connectivity index (χ1n) is 37.7. The zero-order chi connectivity index (χ0) is 77.4. The molecule has 0 unspecified atom stereocenters. The summed E-state index contributed by atoms with van der Waals surface area (Å²) in [6.07, 6.45) is 5.03. The second kappa shape index (κ2) is 44.4. The number of benzene rings is 5. The number of halogens is 5. The van der Waals surface area contributed by atoms with Crippen molar-refractivity contribution in [2.24, 2.45) is 0 Å². The van der Waals surface area contributed by atoms with Crippen LogP contribution in [0.25, 0.3) is 21.5 Å². The Morgan fingerprint density at radius 3 is 1.39 bits per heavy atom. The first-order valence-corrected chi connectivity index (χ1v) is 39.1. The number of fused-ring (bicyclic) bond motifs is 4. The van der Waals surface area contributed by atoms with Gasteiger partial charge in [-0.1, -0.05) is 113 Å². The van der Waals surface area contributed by atoms with Crippen LogP contribution in [0.1, 0.15) is 74.5 Å². The highest BCUT2D eigenvalue weighted by atomic mass is 35.5. The third-order valence-electron chi connectivity index (χ3n) is 19.8. The van der Waals surface area contributed by atoms with Crippen LogP contribution in [-0.4, -0.2) is 245 Å². The summed E-state index contributed by atoms with van der Waals surface area (Å²) >= 11 is 14.2. The second-order valence-electron chi connectivity index (χ2n) is 26.8. The summed E-state index contributed by atoms with van der Waals surface area (Å²) in [6, 6.07) is 35.2. The van der Waals surface area contributed by atoms with Gasteiger partial charge in [0.2, 0.25) is 11.1 Å². The molecule has 13 rings (SSSR count). The number of methoxy groups -OCH3 is 2. The molecule has 5 aromatic carbocycles. The van der Waals surface area contributed by atoms with Gasteiger partial charge in [0.1, 0.15) is 55.3 Å². The van der Waals surface area contributed by atoms with Crippen molar-refractivity contribution in [3.8, 4) is 23.5 Å². The summed E-state index contributed by atoms with van der Waals surface area (Å²) < 4.78 is 68.0. The molecule has 2 amide bonds. The molecule has 6 aliphatic heterocycles. The largest absolute Gasteiger partial charge is 0.467 e. The van der Waals surface area contributed by atoms with Crippen molar-refractivity contribution in [1.29, 1.82) is 0 Å². The lowest BCUT2D eigenvalue weighted by molar-refractivity contribution is -0.126. The molecule has 0 radical (unpaired) electrons. The molecular formula is C81H106Cl3F2N13O10. The molecule has 0 bridgehead atoms. The lowest BCUT2D eigenvalue weighted by Crippen LogP contribution is -2.49. The number of carbonyl (C=O) groups excluding carboxylic acids is 3. The number of amides is 2. The number of hydrogen-bond donors (Lipinski definition) is 0. The fourth-order valence-corrected chi connectivity index (χ4v) is 14.1. The summed E-state index contributed by atoms with van der Waals surface area (Å²) in [5.41, 5.74) is 7.15. The molecular weight excluding hydrogens is 1460 g/mol. The number of aromatic nitrogens is 4. The van der Waals surface area contributed by atoms with Crippen LogP contribution < -0.4 is 38.5 Å². The van der Waals surface area contributed by atoms with Crippen molar-refractivity contribution in [3.63, 3.8) is 0 Å². The predicted molar refractivity (Wildman–Crippen MR) is 429 cm³/mol. The van der Waals surface area contributed by atoms with E-state index in [9.17, 15) is 23.2 Å². The van der Waals surface area contributed by atoms with E-state index < -0.39 is 17.6 Å². The van der Waals surface area contributed by atoms with Crippen LogP contribution in [0.2, 0.25) is 0 Å². The molecule has 23 nitrogen and oxygen atoms in total. The summed E-state index contributed by atoms with van der Waals surface area (Å²) in [7, 11) is 3.23. The lowest BCUT2D eigenvalue weighted by atomic mass is 10.0.